The molecule has 0 unspecified atom stereocenters. The Balaban J connectivity index is 3.01. The van der Waals surface area contributed by atoms with Crippen molar-refractivity contribution in [2.45, 2.75) is 20.3 Å². The van der Waals surface area contributed by atoms with E-state index < -0.39 is 0 Å². The van der Waals surface area contributed by atoms with Gasteiger partial charge < -0.3 is 9.74 Å². The zero-order valence-corrected chi connectivity index (χ0v) is 10.5. The molecule has 1 heterocycles. The van der Waals surface area contributed by atoms with E-state index in [1.54, 1.807) is 6.20 Å². The molecule has 0 fully saturated rings. The molecule has 0 bridgehead atoms. The summed E-state index contributed by atoms with van der Waals surface area (Å²) in [5.41, 5.74) is 0.905. The Labute approximate surface area is 85.4 Å². The molecule has 0 aliphatic rings. The van der Waals surface area contributed by atoms with Gasteiger partial charge in [-0.05, 0) is 6.42 Å². The summed E-state index contributed by atoms with van der Waals surface area (Å²) in [7, 11) is 0.535. The minimum Gasteiger partial charge on any atom is -0.527 e. The van der Waals surface area contributed by atoms with E-state index in [1.165, 1.54) is 6.92 Å². The number of nitrogens with zero attached hydrogens (tertiary/aromatic N) is 2. The van der Waals surface area contributed by atoms with Gasteiger partial charge in [0.1, 0.15) is 5.82 Å². The standard InChI is InChI=1S/C8H13N3O2Si/c1-3-6-4-9-8(13-14)11-7(6)10-5(2)12/h4H,3H2,1-2,14H3,(H,9,10,11,12). The quantitative estimate of drug-likeness (QED) is 0.695. The van der Waals surface area contributed by atoms with Crippen LogP contribution in [0, 0.1) is 0 Å². The highest BCUT2D eigenvalue weighted by Gasteiger charge is 2.06. The Hall–Kier alpha value is -1.43. The van der Waals surface area contributed by atoms with Gasteiger partial charge in [0.05, 0.1) is 0 Å². The molecule has 5 nitrogen and oxygen atoms in total. The molecule has 0 aromatic carbocycles. The van der Waals surface area contributed by atoms with E-state index in [1.807, 2.05) is 6.92 Å². The SMILES string of the molecule is CCc1cnc(O[SiH3])nc1NC(C)=O. The van der Waals surface area contributed by atoms with Crippen molar-refractivity contribution in [1.29, 1.82) is 0 Å². The van der Waals surface area contributed by atoms with E-state index in [0.717, 1.165) is 12.0 Å². The van der Waals surface area contributed by atoms with Crippen LogP contribution in [-0.2, 0) is 11.2 Å². The molecule has 0 radical (unpaired) electrons. The first-order chi connectivity index (χ1) is 6.67. The number of carbonyl (C=O) groups excluding carboxylic acids is 1. The molecule has 1 aromatic rings. The van der Waals surface area contributed by atoms with Crippen LogP contribution in [0.25, 0.3) is 0 Å². The molecule has 14 heavy (non-hydrogen) atoms. The highest BCUT2D eigenvalue weighted by molar-refractivity contribution is 5.99. The lowest BCUT2D eigenvalue weighted by Crippen LogP contribution is -2.11. The van der Waals surface area contributed by atoms with Crippen LogP contribution in [0.15, 0.2) is 6.20 Å². The van der Waals surface area contributed by atoms with E-state index in [9.17, 15) is 4.79 Å². The van der Waals surface area contributed by atoms with Crippen LogP contribution in [0.4, 0.5) is 5.82 Å². The Kier molecular flexibility index (Phi) is 3.58. The monoisotopic (exact) mass is 211 g/mol. The molecule has 1 rings (SSSR count). The van der Waals surface area contributed by atoms with Crippen LogP contribution >= 0.6 is 0 Å². The first kappa shape index (κ1) is 10.6. The van der Waals surface area contributed by atoms with Crippen molar-refractivity contribution in [2.75, 3.05) is 5.32 Å². The lowest BCUT2D eigenvalue weighted by molar-refractivity contribution is -0.114. The zero-order valence-electron chi connectivity index (χ0n) is 8.50. The molecule has 0 atom stereocenters. The van der Waals surface area contributed by atoms with E-state index in [4.69, 9.17) is 4.43 Å². The van der Waals surface area contributed by atoms with E-state index in [2.05, 4.69) is 15.3 Å². The minimum absolute atomic E-state index is 0.141. The summed E-state index contributed by atoms with van der Waals surface area (Å²) < 4.78 is 5.00. The Bertz CT molecular complexity index is 343. The third-order valence-corrected chi connectivity index (χ3v) is 2.07. The summed E-state index contributed by atoms with van der Waals surface area (Å²) in [6, 6.07) is 0.317. The average molecular weight is 211 g/mol. The van der Waals surface area contributed by atoms with Crippen LogP contribution < -0.4 is 9.74 Å². The third kappa shape index (κ3) is 2.53. The van der Waals surface area contributed by atoms with Gasteiger partial charge in [-0.25, -0.2) is 4.98 Å². The first-order valence-corrected chi connectivity index (χ1v) is 5.16. The van der Waals surface area contributed by atoms with Gasteiger partial charge in [0.25, 0.3) is 0 Å². The van der Waals surface area contributed by atoms with Gasteiger partial charge in [0.2, 0.25) is 16.4 Å². The molecule has 1 aromatic heterocycles. The number of amides is 1. The molecule has 0 saturated carbocycles. The number of nitrogens with one attached hydrogen (secondary N) is 1. The lowest BCUT2D eigenvalue weighted by Gasteiger charge is -2.07. The van der Waals surface area contributed by atoms with Gasteiger partial charge in [0, 0.05) is 18.7 Å². The maximum absolute atomic E-state index is 10.9. The minimum atomic E-state index is -0.141. The smallest absolute Gasteiger partial charge is 0.303 e. The van der Waals surface area contributed by atoms with Gasteiger partial charge in [-0.2, -0.15) is 4.98 Å². The predicted octanol–water partition coefficient (Wildman–Crippen LogP) is -0.343. The maximum atomic E-state index is 10.9. The number of aromatic nitrogens is 2. The normalized spacial score (nSPS) is 9.86. The van der Waals surface area contributed by atoms with Crippen LogP contribution in [-0.4, -0.2) is 26.4 Å². The summed E-state index contributed by atoms with van der Waals surface area (Å²) in [6.07, 6.45) is 2.45. The summed E-state index contributed by atoms with van der Waals surface area (Å²) in [4.78, 5) is 18.9. The van der Waals surface area contributed by atoms with Crippen LogP contribution in [0.3, 0.4) is 0 Å². The van der Waals surface area contributed by atoms with Gasteiger partial charge in [-0.1, -0.05) is 6.92 Å². The van der Waals surface area contributed by atoms with Gasteiger partial charge >= 0.3 is 6.01 Å². The Morgan fingerprint density at radius 2 is 2.43 bits per heavy atom. The number of rotatable bonds is 3. The summed E-state index contributed by atoms with van der Waals surface area (Å²) in [6.45, 7) is 3.42. The summed E-state index contributed by atoms with van der Waals surface area (Å²) in [5.74, 6) is 0.401. The lowest BCUT2D eigenvalue weighted by atomic mass is 10.2. The average Bonchev–Trinajstić information content (AvgIpc) is 2.16. The fourth-order valence-corrected chi connectivity index (χ4v) is 1.22. The van der Waals surface area contributed by atoms with Crippen molar-refractivity contribution >= 4 is 22.2 Å². The van der Waals surface area contributed by atoms with Crippen molar-refractivity contribution in [3.63, 3.8) is 0 Å². The molecule has 6 heteroatoms. The predicted molar refractivity (Wildman–Crippen MR) is 56.3 cm³/mol. The van der Waals surface area contributed by atoms with Crippen molar-refractivity contribution < 1.29 is 9.22 Å². The first-order valence-electron chi connectivity index (χ1n) is 4.34. The third-order valence-electron chi connectivity index (χ3n) is 1.70. The molecular weight excluding hydrogens is 198 g/mol. The molecular formula is C8H13N3O2Si. The Morgan fingerprint density at radius 3 is 2.93 bits per heavy atom. The van der Waals surface area contributed by atoms with Crippen LogP contribution in [0.1, 0.15) is 19.4 Å². The Morgan fingerprint density at radius 1 is 1.71 bits per heavy atom. The second-order valence-electron chi connectivity index (χ2n) is 2.77. The molecule has 0 aliphatic carbocycles. The van der Waals surface area contributed by atoms with Gasteiger partial charge in [0.15, 0.2) is 0 Å². The number of hydrogen-bond acceptors (Lipinski definition) is 4. The molecule has 1 N–H and O–H groups in total. The van der Waals surface area contributed by atoms with E-state index in [-0.39, 0.29) is 5.91 Å². The van der Waals surface area contributed by atoms with Gasteiger partial charge in [-0.3, -0.25) is 4.79 Å². The summed E-state index contributed by atoms with van der Waals surface area (Å²) >= 11 is 0. The fraction of sp³-hybridized carbons (Fsp3) is 0.375. The van der Waals surface area contributed by atoms with Crippen molar-refractivity contribution in [3.05, 3.63) is 11.8 Å². The van der Waals surface area contributed by atoms with Gasteiger partial charge in [-0.15, -0.1) is 0 Å². The molecule has 76 valence electrons. The number of anilines is 1. The molecule has 0 spiro atoms. The number of aryl methyl sites for hydroxylation is 1. The molecule has 0 saturated heterocycles. The topological polar surface area (TPSA) is 64.1 Å². The number of hydrogen-bond donors (Lipinski definition) is 1. The van der Waals surface area contributed by atoms with E-state index >= 15 is 0 Å². The maximum Gasteiger partial charge on any atom is 0.303 e. The second kappa shape index (κ2) is 4.71. The molecule has 1 amide bonds. The van der Waals surface area contributed by atoms with Crippen molar-refractivity contribution in [3.8, 4) is 6.01 Å². The van der Waals surface area contributed by atoms with Crippen LogP contribution in [0.5, 0.6) is 6.01 Å². The largest absolute Gasteiger partial charge is 0.527 e. The summed E-state index contributed by atoms with van der Waals surface area (Å²) in [5, 5.41) is 2.64. The van der Waals surface area contributed by atoms with Crippen molar-refractivity contribution in [2.24, 2.45) is 0 Å². The highest BCUT2D eigenvalue weighted by atomic mass is 28.2. The fourth-order valence-electron chi connectivity index (χ4n) is 1.02. The number of carbonyl (C=O) groups is 1. The van der Waals surface area contributed by atoms with Crippen LogP contribution in [0.2, 0.25) is 0 Å². The van der Waals surface area contributed by atoms with Crippen molar-refractivity contribution in [1.82, 2.24) is 9.97 Å². The highest BCUT2D eigenvalue weighted by Crippen LogP contribution is 2.14. The zero-order chi connectivity index (χ0) is 10.6. The van der Waals surface area contributed by atoms with E-state index in [0.29, 0.717) is 22.3 Å². The molecule has 0 aliphatic heterocycles. The second-order valence-corrected chi connectivity index (χ2v) is 3.17.